The third kappa shape index (κ3) is 3.21. The minimum Gasteiger partial charge on any atom is -0.315 e. The van der Waals surface area contributed by atoms with E-state index in [1.807, 2.05) is 23.7 Å². The van der Waals surface area contributed by atoms with Gasteiger partial charge in [0.2, 0.25) is 0 Å². The molecule has 98 valence electrons. The van der Waals surface area contributed by atoms with Gasteiger partial charge in [0, 0.05) is 23.0 Å². The average Bonchev–Trinajstić information content (AvgIpc) is 2.74. The maximum atomic E-state index is 12.1. The van der Waals surface area contributed by atoms with Crippen LogP contribution in [0, 0.1) is 0 Å². The molecule has 4 heteroatoms. The predicted molar refractivity (Wildman–Crippen MR) is 78.5 cm³/mol. The first-order valence-electron chi connectivity index (χ1n) is 6.29. The second kappa shape index (κ2) is 5.24. The molecule has 2 rings (SSSR count). The number of nitrogens with zero attached hydrogens (tertiary/aromatic N) is 1. The number of hydrogen-bond donors (Lipinski definition) is 1. The number of rotatable bonds is 4. The molecule has 2 aromatic heterocycles. The molecule has 0 aliphatic heterocycles. The van der Waals surface area contributed by atoms with Crippen molar-refractivity contribution in [1.82, 2.24) is 9.88 Å². The highest BCUT2D eigenvalue weighted by molar-refractivity contribution is 7.17. The van der Waals surface area contributed by atoms with E-state index in [4.69, 9.17) is 0 Å². The average molecular weight is 264 g/mol. The normalized spacial score (nSPS) is 12.2. The minimum atomic E-state index is 0.129. The molecule has 2 aromatic rings. The molecule has 2 heterocycles. The highest BCUT2D eigenvalue weighted by Gasteiger charge is 2.08. The molecule has 0 fully saturated rings. The van der Waals surface area contributed by atoms with Crippen molar-refractivity contribution >= 4 is 21.4 Å². The van der Waals surface area contributed by atoms with Crippen LogP contribution in [0.5, 0.6) is 0 Å². The second-order valence-electron chi connectivity index (χ2n) is 5.54. The van der Waals surface area contributed by atoms with Gasteiger partial charge in [0.05, 0.1) is 5.39 Å². The summed E-state index contributed by atoms with van der Waals surface area (Å²) < 4.78 is 2.88. The van der Waals surface area contributed by atoms with Gasteiger partial charge in [-0.05, 0) is 51.2 Å². The maximum absolute atomic E-state index is 12.1. The summed E-state index contributed by atoms with van der Waals surface area (Å²) in [4.78, 5) is 12.1. The maximum Gasteiger partial charge on any atom is 0.259 e. The largest absolute Gasteiger partial charge is 0.315 e. The quantitative estimate of drug-likeness (QED) is 0.862. The second-order valence-corrected chi connectivity index (χ2v) is 6.49. The lowest BCUT2D eigenvalue weighted by atomic mass is 10.1. The van der Waals surface area contributed by atoms with Crippen molar-refractivity contribution in [2.24, 2.45) is 0 Å². The van der Waals surface area contributed by atoms with Crippen LogP contribution in [0.25, 0.3) is 10.1 Å². The van der Waals surface area contributed by atoms with Gasteiger partial charge in [0.25, 0.3) is 5.56 Å². The van der Waals surface area contributed by atoms with E-state index in [-0.39, 0.29) is 11.1 Å². The minimum absolute atomic E-state index is 0.129. The number of nitrogens with one attached hydrogen (secondary N) is 1. The third-order valence-electron chi connectivity index (χ3n) is 2.82. The van der Waals surface area contributed by atoms with E-state index in [0.717, 1.165) is 29.6 Å². The molecule has 0 spiro atoms. The van der Waals surface area contributed by atoms with E-state index in [9.17, 15) is 4.79 Å². The number of aryl methyl sites for hydroxylation is 1. The van der Waals surface area contributed by atoms with Crippen molar-refractivity contribution in [3.63, 3.8) is 0 Å². The zero-order valence-electron chi connectivity index (χ0n) is 11.2. The fraction of sp³-hybridized carbons (Fsp3) is 0.500. The van der Waals surface area contributed by atoms with Crippen LogP contribution in [-0.4, -0.2) is 16.7 Å². The molecule has 0 saturated heterocycles. The Morgan fingerprint density at radius 3 is 2.83 bits per heavy atom. The number of fused-ring (bicyclic) bond motifs is 1. The van der Waals surface area contributed by atoms with E-state index in [1.54, 1.807) is 15.9 Å². The molecule has 0 aliphatic rings. The molecule has 0 saturated carbocycles. The highest BCUT2D eigenvalue weighted by Crippen LogP contribution is 2.16. The predicted octanol–water partition coefficient (Wildman–Crippen LogP) is 2.84. The Balaban J connectivity index is 2.00. The van der Waals surface area contributed by atoms with Crippen LogP contribution in [0.1, 0.15) is 27.2 Å². The first-order chi connectivity index (χ1) is 8.47. The summed E-state index contributed by atoms with van der Waals surface area (Å²) in [6, 6.07) is 3.94. The van der Waals surface area contributed by atoms with Crippen molar-refractivity contribution in [3.05, 3.63) is 34.1 Å². The fourth-order valence-corrected chi connectivity index (χ4v) is 2.67. The highest BCUT2D eigenvalue weighted by atomic mass is 32.1. The van der Waals surface area contributed by atoms with Gasteiger partial charge in [-0.3, -0.25) is 4.79 Å². The number of pyridine rings is 1. The molecule has 18 heavy (non-hydrogen) atoms. The summed E-state index contributed by atoms with van der Waals surface area (Å²) in [5.74, 6) is 0. The molecule has 0 radical (unpaired) electrons. The van der Waals surface area contributed by atoms with Gasteiger partial charge in [0.1, 0.15) is 0 Å². The lowest BCUT2D eigenvalue weighted by Crippen LogP contribution is -2.37. The van der Waals surface area contributed by atoms with Gasteiger partial charge in [-0.15, -0.1) is 11.3 Å². The smallest absolute Gasteiger partial charge is 0.259 e. The molecule has 0 aliphatic carbocycles. The summed E-state index contributed by atoms with van der Waals surface area (Å²) in [7, 11) is 0. The van der Waals surface area contributed by atoms with E-state index >= 15 is 0 Å². The van der Waals surface area contributed by atoms with Gasteiger partial charge in [0.15, 0.2) is 0 Å². The molecular formula is C14H20N2OS. The molecule has 0 amide bonds. The summed E-state index contributed by atoms with van der Waals surface area (Å²) in [6.45, 7) is 8.15. The van der Waals surface area contributed by atoms with Gasteiger partial charge in [-0.25, -0.2) is 0 Å². The third-order valence-corrected chi connectivity index (χ3v) is 3.71. The molecular weight excluding hydrogens is 244 g/mol. The lowest BCUT2D eigenvalue weighted by molar-refractivity contribution is 0.412. The molecule has 0 unspecified atom stereocenters. The first-order valence-corrected chi connectivity index (χ1v) is 7.17. The Kier molecular flexibility index (Phi) is 3.88. The zero-order chi connectivity index (χ0) is 13.2. The molecule has 3 nitrogen and oxygen atoms in total. The van der Waals surface area contributed by atoms with Crippen LogP contribution in [-0.2, 0) is 6.54 Å². The topological polar surface area (TPSA) is 34.0 Å². The van der Waals surface area contributed by atoms with Crippen molar-refractivity contribution in [2.75, 3.05) is 6.54 Å². The Morgan fingerprint density at radius 2 is 2.11 bits per heavy atom. The summed E-state index contributed by atoms with van der Waals surface area (Å²) in [5, 5.41) is 6.24. The number of aromatic nitrogens is 1. The molecule has 1 N–H and O–H groups in total. The van der Waals surface area contributed by atoms with Crippen LogP contribution < -0.4 is 10.9 Å². The monoisotopic (exact) mass is 264 g/mol. The summed E-state index contributed by atoms with van der Waals surface area (Å²) in [6.07, 6.45) is 2.87. The summed E-state index contributed by atoms with van der Waals surface area (Å²) >= 11 is 1.62. The standard InChI is InChI=1S/C14H20N2OS/c1-14(2,3)15-7-4-8-16-9-5-12-11(13(16)17)6-10-18-12/h5-6,9-10,15H,4,7-8H2,1-3H3. The van der Waals surface area contributed by atoms with Crippen LogP contribution in [0.15, 0.2) is 28.5 Å². The van der Waals surface area contributed by atoms with Crippen LogP contribution in [0.3, 0.4) is 0 Å². The zero-order valence-corrected chi connectivity index (χ0v) is 12.0. The van der Waals surface area contributed by atoms with E-state index in [0.29, 0.717) is 0 Å². The van der Waals surface area contributed by atoms with Crippen LogP contribution in [0.4, 0.5) is 0 Å². The first kappa shape index (κ1) is 13.3. The van der Waals surface area contributed by atoms with Crippen molar-refractivity contribution < 1.29 is 0 Å². The van der Waals surface area contributed by atoms with E-state index in [2.05, 4.69) is 26.1 Å². The van der Waals surface area contributed by atoms with Crippen molar-refractivity contribution in [1.29, 1.82) is 0 Å². The molecule has 0 bridgehead atoms. The summed E-state index contributed by atoms with van der Waals surface area (Å²) in [5.41, 5.74) is 0.270. The molecule has 0 atom stereocenters. The fourth-order valence-electron chi connectivity index (χ4n) is 1.90. The van der Waals surface area contributed by atoms with Crippen molar-refractivity contribution in [2.45, 2.75) is 39.3 Å². The van der Waals surface area contributed by atoms with Crippen LogP contribution in [0.2, 0.25) is 0 Å². The van der Waals surface area contributed by atoms with Gasteiger partial charge < -0.3 is 9.88 Å². The van der Waals surface area contributed by atoms with E-state index < -0.39 is 0 Å². The lowest BCUT2D eigenvalue weighted by Gasteiger charge is -2.20. The number of hydrogen-bond acceptors (Lipinski definition) is 3. The SMILES string of the molecule is CC(C)(C)NCCCn1ccc2sccc2c1=O. The number of thiophene rings is 1. The van der Waals surface area contributed by atoms with Gasteiger partial charge in [-0.1, -0.05) is 0 Å². The Morgan fingerprint density at radius 1 is 1.33 bits per heavy atom. The van der Waals surface area contributed by atoms with Crippen LogP contribution >= 0.6 is 11.3 Å². The van der Waals surface area contributed by atoms with Gasteiger partial charge >= 0.3 is 0 Å². The molecule has 0 aromatic carbocycles. The Hall–Kier alpha value is -1.13. The Labute approximate surface area is 111 Å². The van der Waals surface area contributed by atoms with Gasteiger partial charge in [-0.2, -0.15) is 0 Å². The van der Waals surface area contributed by atoms with E-state index in [1.165, 1.54) is 0 Å². The Bertz CT molecular complexity index is 577. The van der Waals surface area contributed by atoms with Crippen molar-refractivity contribution in [3.8, 4) is 0 Å².